The van der Waals surface area contributed by atoms with Gasteiger partial charge >= 0.3 is 0 Å². The summed E-state index contributed by atoms with van der Waals surface area (Å²) in [5.74, 6) is 0.228. The summed E-state index contributed by atoms with van der Waals surface area (Å²) in [4.78, 5) is 4.17. The Labute approximate surface area is 111 Å². The Morgan fingerprint density at radius 2 is 2.16 bits per heavy atom. The highest BCUT2D eigenvalue weighted by Crippen LogP contribution is 2.20. The van der Waals surface area contributed by atoms with Crippen LogP contribution in [-0.2, 0) is 23.4 Å². The molecule has 0 atom stereocenters. The monoisotopic (exact) mass is 283 g/mol. The molecular weight excluding hydrogens is 269 g/mol. The van der Waals surface area contributed by atoms with Gasteiger partial charge in [0.25, 0.3) is 0 Å². The minimum absolute atomic E-state index is 0.0799. The van der Waals surface area contributed by atoms with Crippen LogP contribution in [0.2, 0.25) is 0 Å². The van der Waals surface area contributed by atoms with Crippen LogP contribution in [0.3, 0.4) is 0 Å². The Kier molecular flexibility index (Phi) is 3.57. The third-order valence-electron chi connectivity index (χ3n) is 2.72. The summed E-state index contributed by atoms with van der Waals surface area (Å²) < 4.78 is 38.2. The molecule has 0 aliphatic heterocycles. The first-order chi connectivity index (χ1) is 8.88. The van der Waals surface area contributed by atoms with Crippen LogP contribution < -0.4 is 5.32 Å². The Morgan fingerprint density at radius 3 is 2.74 bits per heavy atom. The van der Waals surface area contributed by atoms with E-state index in [0.29, 0.717) is 6.54 Å². The predicted molar refractivity (Wildman–Crippen MR) is 70.0 cm³/mol. The molecule has 1 aromatic heterocycles. The summed E-state index contributed by atoms with van der Waals surface area (Å²) in [6.07, 6.45) is 4.50. The predicted octanol–water partition coefficient (Wildman–Crippen LogP) is 1.57. The Bertz CT molecular complexity index is 695. The van der Waals surface area contributed by atoms with Gasteiger partial charge < -0.3 is 9.88 Å². The fourth-order valence-corrected chi connectivity index (χ4v) is 2.26. The summed E-state index contributed by atoms with van der Waals surface area (Å²) in [6, 6.07) is 3.67. The quantitative estimate of drug-likeness (QED) is 0.865. The molecule has 7 heteroatoms. The van der Waals surface area contributed by atoms with Crippen molar-refractivity contribution in [3.05, 3.63) is 42.2 Å². The summed E-state index contributed by atoms with van der Waals surface area (Å²) >= 11 is 0. The van der Waals surface area contributed by atoms with Crippen molar-refractivity contribution in [3.8, 4) is 0 Å². The zero-order valence-corrected chi connectivity index (χ0v) is 11.4. The van der Waals surface area contributed by atoms with E-state index in [1.165, 1.54) is 12.1 Å². The second-order valence-corrected chi connectivity index (χ2v) is 6.24. The molecule has 1 N–H and O–H groups in total. The van der Waals surface area contributed by atoms with Crippen molar-refractivity contribution in [3.63, 3.8) is 0 Å². The summed E-state index contributed by atoms with van der Waals surface area (Å²) in [6.45, 7) is 0.313. The van der Waals surface area contributed by atoms with Gasteiger partial charge in [0.1, 0.15) is 11.6 Å². The van der Waals surface area contributed by atoms with Gasteiger partial charge in [0, 0.05) is 25.7 Å². The molecule has 0 amide bonds. The van der Waals surface area contributed by atoms with Crippen molar-refractivity contribution >= 4 is 15.5 Å². The van der Waals surface area contributed by atoms with Crippen molar-refractivity contribution in [1.82, 2.24) is 9.55 Å². The highest BCUT2D eigenvalue weighted by molar-refractivity contribution is 7.90. The number of hydrogen-bond acceptors (Lipinski definition) is 4. The standard InChI is InChI=1S/C12H14FN3O2S/c1-16-6-5-14-12(16)8-15-11-7-9(19(2,17)18)3-4-10(11)13/h3-7,15H,8H2,1-2H3. The number of aryl methyl sites for hydroxylation is 1. The van der Waals surface area contributed by atoms with E-state index in [4.69, 9.17) is 0 Å². The Hall–Kier alpha value is -1.89. The van der Waals surface area contributed by atoms with Crippen LogP contribution in [0.4, 0.5) is 10.1 Å². The molecule has 0 aliphatic carbocycles. The number of benzene rings is 1. The van der Waals surface area contributed by atoms with Crippen LogP contribution in [-0.4, -0.2) is 24.2 Å². The molecule has 0 unspecified atom stereocenters. The second-order valence-electron chi connectivity index (χ2n) is 4.22. The molecule has 5 nitrogen and oxygen atoms in total. The van der Waals surface area contributed by atoms with E-state index in [1.807, 2.05) is 7.05 Å². The minimum Gasteiger partial charge on any atom is -0.375 e. The molecule has 1 aromatic carbocycles. The molecule has 0 saturated carbocycles. The van der Waals surface area contributed by atoms with Crippen LogP contribution in [0.15, 0.2) is 35.5 Å². The Balaban J connectivity index is 2.23. The van der Waals surface area contributed by atoms with Crippen LogP contribution in [0.1, 0.15) is 5.82 Å². The largest absolute Gasteiger partial charge is 0.375 e. The third kappa shape index (κ3) is 3.11. The van der Waals surface area contributed by atoms with Crippen LogP contribution in [0.25, 0.3) is 0 Å². The first kappa shape index (κ1) is 13.5. The molecule has 102 valence electrons. The number of anilines is 1. The summed E-state index contributed by atoms with van der Waals surface area (Å²) in [7, 11) is -1.52. The molecule has 1 heterocycles. The lowest BCUT2D eigenvalue weighted by molar-refractivity contribution is 0.600. The van der Waals surface area contributed by atoms with Crippen LogP contribution in [0, 0.1) is 5.82 Å². The molecule has 19 heavy (non-hydrogen) atoms. The number of sulfone groups is 1. The SMILES string of the molecule is Cn1ccnc1CNc1cc(S(C)(=O)=O)ccc1F. The van der Waals surface area contributed by atoms with Gasteiger partial charge in [-0.05, 0) is 18.2 Å². The van der Waals surface area contributed by atoms with Gasteiger partial charge in [-0.25, -0.2) is 17.8 Å². The van der Waals surface area contributed by atoms with E-state index in [-0.39, 0.29) is 10.6 Å². The van der Waals surface area contributed by atoms with Crippen LogP contribution in [0.5, 0.6) is 0 Å². The second kappa shape index (κ2) is 5.00. The fourth-order valence-electron chi connectivity index (χ4n) is 1.61. The number of nitrogens with zero attached hydrogens (tertiary/aromatic N) is 2. The van der Waals surface area contributed by atoms with Gasteiger partial charge in [0.15, 0.2) is 9.84 Å². The number of halogens is 1. The molecule has 0 bridgehead atoms. The number of imidazole rings is 1. The molecule has 2 rings (SSSR count). The van der Waals surface area contributed by atoms with E-state index in [2.05, 4.69) is 10.3 Å². The van der Waals surface area contributed by atoms with E-state index in [9.17, 15) is 12.8 Å². The van der Waals surface area contributed by atoms with Gasteiger partial charge in [-0.15, -0.1) is 0 Å². The van der Waals surface area contributed by atoms with Gasteiger partial charge in [-0.1, -0.05) is 0 Å². The zero-order valence-electron chi connectivity index (χ0n) is 10.6. The number of nitrogens with one attached hydrogen (secondary N) is 1. The van der Waals surface area contributed by atoms with Crippen molar-refractivity contribution in [2.45, 2.75) is 11.4 Å². The maximum Gasteiger partial charge on any atom is 0.175 e. The lowest BCUT2D eigenvalue weighted by Crippen LogP contribution is -2.08. The minimum atomic E-state index is -3.35. The topological polar surface area (TPSA) is 64.0 Å². The van der Waals surface area contributed by atoms with E-state index < -0.39 is 15.7 Å². The van der Waals surface area contributed by atoms with Crippen molar-refractivity contribution in [1.29, 1.82) is 0 Å². The Morgan fingerprint density at radius 1 is 1.42 bits per heavy atom. The normalized spacial score (nSPS) is 11.5. The van der Waals surface area contributed by atoms with Gasteiger partial charge in [0.05, 0.1) is 17.1 Å². The fraction of sp³-hybridized carbons (Fsp3) is 0.250. The van der Waals surface area contributed by atoms with Crippen molar-refractivity contribution < 1.29 is 12.8 Å². The van der Waals surface area contributed by atoms with Gasteiger partial charge in [-0.2, -0.15) is 0 Å². The summed E-state index contributed by atoms with van der Waals surface area (Å²) in [5, 5.41) is 2.85. The van der Waals surface area contributed by atoms with Crippen molar-refractivity contribution in [2.75, 3.05) is 11.6 Å². The lowest BCUT2D eigenvalue weighted by atomic mass is 10.3. The lowest BCUT2D eigenvalue weighted by Gasteiger charge is -2.09. The molecular formula is C12H14FN3O2S. The van der Waals surface area contributed by atoms with E-state index in [1.54, 1.807) is 17.0 Å². The molecule has 0 radical (unpaired) electrons. The molecule has 2 aromatic rings. The first-order valence-electron chi connectivity index (χ1n) is 5.57. The molecule has 0 aliphatic rings. The zero-order chi connectivity index (χ0) is 14.0. The number of rotatable bonds is 4. The van der Waals surface area contributed by atoms with Gasteiger partial charge in [-0.3, -0.25) is 0 Å². The molecule has 0 fully saturated rings. The first-order valence-corrected chi connectivity index (χ1v) is 7.47. The highest BCUT2D eigenvalue weighted by atomic mass is 32.2. The maximum absolute atomic E-state index is 13.6. The third-order valence-corrected chi connectivity index (χ3v) is 3.83. The maximum atomic E-state index is 13.6. The number of aromatic nitrogens is 2. The van der Waals surface area contributed by atoms with Crippen LogP contribution >= 0.6 is 0 Å². The van der Waals surface area contributed by atoms with Crippen molar-refractivity contribution in [2.24, 2.45) is 7.05 Å². The van der Waals surface area contributed by atoms with E-state index in [0.717, 1.165) is 18.1 Å². The average Bonchev–Trinajstić information content (AvgIpc) is 2.72. The smallest absolute Gasteiger partial charge is 0.175 e. The van der Waals surface area contributed by atoms with Gasteiger partial charge in [0.2, 0.25) is 0 Å². The summed E-state index contributed by atoms with van der Waals surface area (Å²) in [5.41, 5.74) is 0.144. The highest BCUT2D eigenvalue weighted by Gasteiger charge is 2.11. The number of hydrogen-bond donors (Lipinski definition) is 1. The molecule has 0 saturated heterocycles. The molecule has 0 spiro atoms. The average molecular weight is 283 g/mol. The van der Waals surface area contributed by atoms with E-state index >= 15 is 0 Å².